The molecule has 2 aliphatic rings. The van der Waals surface area contributed by atoms with Gasteiger partial charge in [-0.25, -0.2) is 0 Å². The van der Waals surface area contributed by atoms with Crippen molar-refractivity contribution in [1.29, 1.82) is 0 Å². The van der Waals surface area contributed by atoms with Crippen LogP contribution in [-0.4, -0.2) is 49.0 Å². The number of methoxy groups -OCH3 is 1. The predicted molar refractivity (Wildman–Crippen MR) is 102 cm³/mol. The summed E-state index contributed by atoms with van der Waals surface area (Å²) in [7, 11) is 1.66. The number of hydrogen-bond acceptors (Lipinski definition) is 3. The molecule has 1 saturated heterocycles. The Bertz CT molecular complexity index is 764. The van der Waals surface area contributed by atoms with Gasteiger partial charge in [0.25, 0.3) is 0 Å². The van der Waals surface area contributed by atoms with E-state index in [4.69, 9.17) is 4.74 Å². The molecule has 4 nitrogen and oxygen atoms in total. The molecule has 0 aromatic heterocycles. The van der Waals surface area contributed by atoms with Crippen molar-refractivity contribution in [2.45, 2.75) is 25.3 Å². The van der Waals surface area contributed by atoms with E-state index >= 15 is 0 Å². The molecule has 0 radical (unpaired) electrons. The number of ether oxygens (including phenoxy) is 1. The van der Waals surface area contributed by atoms with Crippen molar-refractivity contribution in [3.05, 3.63) is 65.2 Å². The molecule has 26 heavy (non-hydrogen) atoms. The topological polar surface area (TPSA) is 32.8 Å². The second-order valence-electron chi connectivity index (χ2n) is 7.19. The molecule has 4 rings (SSSR count). The first-order valence-electron chi connectivity index (χ1n) is 9.47. The highest BCUT2D eigenvalue weighted by Crippen LogP contribution is 2.35. The molecular weight excluding hydrogens is 324 g/mol. The van der Waals surface area contributed by atoms with Crippen LogP contribution in [0, 0.1) is 0 Å². The molecule has 136 valence electrons. The van der Waals surface area contributed by atoms with Crippen LogP contribution >= 0.6 is 0 Å². The minimum Gasteiger partial charge on any atom is -0.497 e. The molecule has 0 N–H and O–H groups in total. The van der Waals surface area contributed by atoms with Crippen molar-refractivity contribution >= 4 is 5.91 Å². The van der Waals surface area contributed by atoms with Crippen molar-refractivity contribution in [1.82, 2.24) is 9.80 Å². The van der Waals surface area contributed by atoms with Crippen LogP contribution in [0.5, 0.6) is 5.75 Å². The fourth-order valence-electron chi connectivity index (χ4n) is 4.23. The first-order valence-corrected chi connectivity index (χ1v) is 9.47. The Morgan fingerprint density at radius 1 is 1.04 bits per heavy atom. The van der Waals surface area contributed by atoms with E-state index in [0.717, 1.165) is 37.5 Å². The highest BCUT2D eigenvalue weighted by atomic mass is 16.5. The minimum atomic E-state index is 0.224. The third kappa shape index (κ3) is 3.47. The molecule has 1 aliphatic heterocycles. The summed E-state index contributed by atoms with van der Waals surface area (Å²) in [6.45, 7) is 3.59. The average molecular weight is 350 g/mol. The number of piperazine rings is 1. The first-order chi connectivity index (χ1) is 12.7. The molecular formula is C22H26N2O2. The van der Waals surface area contributed by atoms with E-state index in [9.17, 15) is 4.79 Å². The SMILES string of the molecule is COc1ccc(CC(=O)N2CCN(C3CCc4ccccc43)CC2)cc1. The zero-order chi connectivity index (χ0) is 17.9. The molecule has 1 amide bonds. The highest BCUT2D eigenvalue weighted by Gasteiger charge is 2.30. The van der Waals surface area contributed by atoms with Gasteiger partial charge in [0.15, 0.2) is 0 Å². The van der Waals surface area contributed by atoms with Crippen LogP contribution < -0.4 is 4.74 Å². The van der Waals surface area contributed by atoms with E-state index < -0.39 is 0 Å². The smallest absolute Gasteiger partial charge is 0.227 e. The molecule has 0 bridgehead atoms. The normalized spacial score (nSPS) is 20.0. The molecule has 1 aliphatic carbocycles. The van der Waals surface area contributed by atoms with E-state index in [2.05, 4.69) is 29.2 Å². The molecule has 1 atom stereocenters. The lowest BCUT2D eigenvalue weighted by atomic mass is 10.1. The Morgan fingerprint density at radius 2 is 1.77 bits per heavy atom. The Balaban J connectivity index is 1.32. The minimum absolute atomic E-state index is 0.224. The van der Waals surface area contributed by atoms with Gasteiger partial charge in [0, 0.05) is 32.2 Å². The van der Waals surface area contributed by atoms with Crippen LogP contribution in [0.25, 0.3) is 0 Å². The van der Waals surface area contributed by atoms with E-state index in [1.807, 2.05) is 29.2 Å². The van der Waals surface area contributed by atoms with Crippen molar-refractivity contribution in [3.8, 4) is 5.75 Å². The Hall–Kier alpha value is -2.33. The quantitative estimate of drug-likeness (QED) is 0.850. The second kappa shape index (κ2) is 7.50. The van der Waals surface area contributed by atoms with Gasteiger partial charge in [0.1, 0.15) is 5.75 Å². The monoisotopic (exact) mass is 350 g/mol. The van der Waals surface area contributed by atoms with Gasteiger partial charge in [-0.05, 0) is 41.7 Å². The predicted octanol–water partition coefficient (Wildman–Crippen LogP) is 3.07. The first kappa shape index (κ1) is 17.1. The summed E-state index contributed by atoms with van der Waals surface area (Å²) in [5, 5.41) is 0. The number of rotatable bonds is 4. The standard InChI is InChI=1S/C22H26N2O2/c1-26-19-9-6-17(7-10-19)16-22(25)24-14-12-23(13-15-24)21-11-8-18-4-2-3-5-20(18)21/h2-7,9-10,21H,8,11-16H2,1H3. The second-order valence-corrected chi connectivity index (χ2v) is 7.19. The van der Waals surface area contributed by atoms with Crippen LogP contribution in [-0.2, 0) is 17.6 Å². The van der Waals surface area contributed by atoms with Crippen LogP contribution in [0.1, 0.15) is 29.2 Å². The lowest BCUT2D eigenvalue weighted by molar-refractivity contribution is -0.132. The van der Waals surface area contributed by atoms with Gasteiger partial charge < -0.3 is 9.64 Å². The van der Waals surface area contributed by atoms with Crippen LogP contribution in [0.15, 0.2) is 48.5 Å². The number of hydrogen-bond donors (Lipinski definition) is 0. The molecule has 0 spiro atoms. The third-order valence-electron chi connectivity index (χ3n) is 5.72. The van der Waals surface area contributed by atoms with Gasteiger partial charge in [-0.3, -0.25) is 9.69 Å². The molecule has 1 heterocycles. The van der Waals surface area contributed by atoms with Gasteiger partial charge in [0.2, 0.25) is 5.91 Å². The molecule has 4 heteroatoms. The Morgan fingerprint density at radius 3 is 2.50 bits per heavy atom. The van der Waals surface area contributed by atoms with Gasteiger partial charge >= 0.3 is 0 Å². The number of nitrogens with zero attached hydrogens (tertiary/aromatic N) is 2. The number of aryl methyl sites for hydroxylation is 1. The summed E-state index contributed by atoms with van der Waals surface area (Å²) < 4.78 is 5.18. The van der Waals surface area contributed by atoms with E-state index in [-0.39, 0.29) is 5.91 Å². The summed E-state index contributed by atoms with van der Waals surface area (Å²) in [6, 6.07) is 17.1. The van der Waals surface area contributed by atoms with Gasteiger partial charge in [-0.15, -0.1) is 0 Å². The van der Waals surface area contributed by atoms with E-state index in [1.54, 1.807) is 7.11 Å². The van der Waals surface area contributed by atoms with Gasteiger partial charge in [-0.1, -0.05) is 36.4 Å². The molecule has 0 saturated carbocycles. The maximum Gasteiger partial charge on any atom is 0.227 e. The summed E-state index contributed by atoms with van der Waals surface area (Å²) in [6.07, 6.45) is 2.85. The number of carbonyl (C=O) groups is 1. The number of carbonyl (C=O) groups excluding carboxylic acids is 1. The summed E-state index contributed by atoms with van der Waals surface area (Å²) in [5.41, 5.74) is 4.03. The molecule has 1 fully saturated rings. The van der Waals surface area contributed by atoms with Crippen molar-refractivity contribution in [3.63, 3.8) is 0 Å². The third-order valence-corrected chi connectivity index (χ3v) is 5.72. The fourth-order valence-corrected chi connectivity index (χ4v) is 4.23. The number of benzene rings is 2. The largest absolute Gasteiger partial charge is 0.497 e. The zero-order valence-electron chi connectivity index (χ0n) is 15.4. The van der Waals surface area contributed by atoms with Crippen molar-refractivity contribution in [2.24, 2.45) is 0 Å². The molecule has 2 aromatic rings. The van der Waals surface area contributed by atoms with E-state index in [1.165, 1.54) is 24.0 Å². The fraction of sp³-hybridized carbons (Fsp3) is 0.409. The maximum atomic E-state index is 12.6. The van der Waals surface area contributed by atoms with Crippen molar-refractivity contribution < 1.29 is 9.53 Å². The summed E-state index contributed by atoms with van der Waals surface area (Å²) in [5.74, 6) is 1.05. The Kier molecular flexibility index (Phi) is 4.93. The Labute approximate surface area is 155 Å². The van der Waals surface area contributed by atoms with Crippen LogP contribution in [0.4, 0.5) is 0 Å². The van der Waals surface area contributed by atoms with Crippen LogP contribution in [0.3, 0.4) is 0 Å². The van der Waals surface area contributed by atoms with E-state index in [0.29, 0.717) is 12.5 Å². The highest BCUT2D eigenvalue weighted by molar-refractivity contribution is 5.79. The lowest BCUT2D eigenvalue weighted by Crippen LogP contribution is -2.49. The number of amides is 1. The van der Waals surface area contributed by atoms with Crippen molar-refractivity contribution in [2.75, 3.05) is 33.3 Å². The number of fused-ring (bicyclic) bond motifs is 1. The van der Waals surface area contributed by atoms with Gasteiger partial charge in [-0.2, -0.15) is 0 Å². The van der Waals surface area contributed by atoms with Crippen LogP contribution in [0.2, 0.25) is 0 Å². The zero-order valence-corrected chi connectivity index (χ0v) is 15.4. The summed E-state index contributed by atoms with van der Waals surface area (Å²) in [4.78, 5) is 17.2. The molecule has 2 aromatic carbocycles. The maximum absolute atomic E-state index is 12.6. The molecule has 1 unspecified atom stereocenters. The lowest BCUT2D eigenvalue weighted by Gasteiger charge is -2.38. The van der Waals surface area contributed by atoms with Gasteiger partial charge in [0.05, 0.1) is 13.5 Å². The average Bonchev–Trinajstić information content (AvgIpc) is 3.13. The summed E-state index contributed by atoms with van der Waals surface area (Å²) >= 11 is 0.